The first kappa shape index (κ1) is 19.2. The Hall–Kier alpha value is -3.15. The zero-order valence-electron chi connectivity index (χ0n) is 15.1. The molecule has 2 aromatic rings. The minimum Gasteiger partial charge on any atom is -0.462 e. The van der Waals surface area contributed by atoms with Crippen LogP contribution in [0.2, 0.25) is 0 Å². The van der Waals surface area contributed by atoms with Gasteiger partial charge in [-0.05, 0) is 50.2 Å². The molecule has 0 aliphatic rings. The molecule has 0 bridgehead atoms. The van der Waals surface area contributed by atoms with Crippen LogP contribution >= 0.6 is 0 Å². The van der Waals surface area contributed by atoms with Gasteiger partial charge < -0.3 is 15.0 Å². The highest BCUT2D eigenvalue weighted by molar-refractivity contribution is 6.02. The first-order chi connectivity index (χ1) is 12.4. The van der Waals surface area contributed by atoms with E-state index in [0.717, 1.165) is 5.56 Å². The number of ether oxygens (including phenoxy) is 1. The molecule has 26 heavy (non-hydrogen) atoms. The van der Waals surface area contributed by atoms with Crippen LogP contribution in [0.3, 0.4) is 0 Å². The van der Waals surface area contributed by atoms with Gasteiger partial charge in [-0.15, -0.1) is 0 Å². The van der Waals surface area contributed by atoms with E-state index in [1.54, 1.807) is 43.3 Å². The molecule has 0 unspecified atom stereocenters. The van der Waals surface area contributed by atoms with Crippen LogP contribution in [0.1, 0.15) is 29.8 Å². The van der Waals surface area contributed by atoms with Gasteiger partial charge >= 0.3 is 5.97 Å². The summed E-state index contributed by atoms with van der Waals surface area (Å²) in [6.07, 6.45) is 0. The molecule has 0 atom stereocenters. The smallest absolute Gasteiger partial charge is 0.338 e. The SMILES string of the molecule is CCOC(=O)c1ccc(NC(=O)CN(C(C)=O)c2ccc(C)cc2)cc1. The lowest BCUT2D eigenvalue weighted by Crippen LogP contribution is -2.36. The number of carbonyl (C=O) groups is 3. The van der Waals surface area contributed by atoms with Crippen LogP contribution < -0.4 is 10.2 Å². The Bertz CT molecular complexity index is 782. The number of aryl methyl sites for hydroxylation is 1. The molecule has 2 aromatic carbocycles. The van der Waals surface area contributed by atoms with E-state index in [-0.39, 0.29) is 18.4 Å². The van der Waals surface area contributed by atoms with Gasteiger partial charge in [-0.3, -0.25) is 9.59 Å². The second-order valence-corrected chi connectivity index (χ2v) is 5.79. The Morgan fingerprint density at radius 3 is 2.15 bits per heavy atom. The number of anilines is 2. The summed E-state index contributed by atoms with van der Waals surface area (Å²) >= 11 is 0. The molecule has 0 aliphatic carbocycles. The van der Waals surface area contributed by atoms with Crippen LogP contribution in [0.5, 0.6) is 0 Å². The maximum atomic E-state index is 12.3. The number of benzene rings is 2. The number of carbonyl (C=O) groups excluding carboxylic acids is 3. The summed E-state index contributed by atoms with van der Waals surface area (Å²) in [6.45, 7) is 5.31. The first-order valence-electron chi connectivity index (χ1n) is 8.32. The third-order valence-electron chi connectivity index (χ3n) is 3.71. The zero-order valence-corrected chi connectivity index (χ0v) is 15.1. The average Bonchev–Trinajstić information content (AvgIpc) is 2.61. The van der Waals surface area contributed by atoms with E-state index in [9.17, 15) is 14.4 Å². The predicted molar refractivity (Wildman–Crippen MR) is 100 cm³/mol. The summed E-state index contributed by atoms with van der Waals surface area (Å²) in [7, 11) is 0. The highest BCUT2D eigenvalue weighted by Crippen LogP contribution is 2.16. The molecular formula is C20H22N2O4. The Labute approximate surface area is 152 Å². The molecule has 6 heteroatoms. The maximum Gasteiger partial charge on any atom is 0.338 e. The predicted octanol–water partition coefficient (Wildman–Crippen LogP) is 3.16. The summed E-state index contributed by atoms with van der Waals surface area (Å²) in [4.78, 5) is 37.2. The second-order valence-electron chi connectivity index (χ2n) is 5.79. The van der Waals surface area contributed by atoms with Gasteiger partial charge in [0.2, 0.25) is 11.8 Å². The molecule has 0 saturated heterocycles. The van der Waals surface area contributed by atoms with Gasteiger partial charge in [0, 0.05) is 18.3 Å². The fourth-order valence-electron chi connectivity index (χ4n) is 2.36. The van der Waals surface area contributed by atoms with Crippen molar-refractivity contribution in [3.8, 4) is 0 Å². The Balaban J connectivity index is 2.03. The zero-order chi connectivity index (χ0) is 19.1. The molecule has 2 rings (SSSR count). The molecule has 0 aromatic heterocycles. The van der Waals surface area contributed by atoms with Gasteiger partial charge in [-0.2, -0.15) is 0 Å². The molecule has 0 saturated carbocycles. The summed E-state index contributed by atoms with van der Waals surface area (Å²) in [6, 6.07) is 13.8. The van der Waals surface area contributed by atoms with Gasteiger partial charge in [-0.25, -0.2) is 4.79 Å². The molecule has 1 N–H and O–H groups in total. The number of hydrogen-bond acceptors (Lipinski definition) is 4. The molecule has 0 aliphatic heterocycles. The van der Waals surface area contributed by atoms with E-state index in [2.05, 4.69) is 5.32 Å². The summed E-state index contributed by atoms with van der Waals surface area (Å²) in [5, 5.41) is 2.72. The second kappa shape index (κ2) is 8.80. The van der Waals surface area contributed by atoms with Crippen molar-refractivity contribution in [1.29, 1.82) is 0 Å². The van der Waals surface area contributed by atoms with Crippen molar-refractivity contribution in [2.45, 2.75) is 20.8 Å². The minimum absolute atomic E-state index is 0.0992. The Morgan fingerprint density at radius 1 is 1.00 bits per heavy atom. The number of nitrogens with zero attached hydrogens (tertiary/aromatic N) is 1. The largest absolute Gasteiger partial charge is 0.462 e. The van der Waals surface area contributed by atoms with Crippen molar-refractivity contribution in [3.63, 3.8) is 0 Å². The van der Waals surface area contributed by atoms with Crippen molar-refractivity contribution < 1.29 is 19.1 Å². The van der Waals surface area contributed by atoms with E-state index in [1.807, 2.05) is 19.1 Å². The van der Waals surface area contributed by atoms with Crippen LogP contribution in [0, 0.1) is 6.92 Å². The van der Waals surface area contributed by atoms with E-state index in [0.29, 0.717) is 23.5 Å². The van der Waals surface area contributed by atoms with Gasteiger partial charge in [-0.1, -0.05) is 17.7 Å². The van der Waals surface area contributed by atoms with Gasteiger partial charge in [0.05, 0.1) is 12.2 Å². The van der Waals surface area contributed by atoms with E-state index in [1.165, 1.54) is 11.8 Å². The molecule has 0 heterocycles. The van der Waals surface area contributed by atoms with Crippen LogP contribution in [0.4, 0.5) is 11.4 Å². The number of hydrogen-bond donors (Lipinski definition) is 1. The monoisotopic (exact) mass is 354 g/mol. The number of nitrogens with one attached hydrogen (secondary N) is 1. The molecule has 2 amide bonds. The third kappa shape index (κ3) is 5.17. The molecule has 0 fully saturated rings. The Morgan fingerprint density at radius 2 is 1.62 bits per heavy atom. The van der Waals surface area contributed by atoms with E-state index >= 15 is 0 Å². The normalized spacial score (nSPS) is 10.1. The van der Waals surface area contributed by atoms with Crippen LogP contribution in [0.25, 0.3) is 0 Å². The standard InChI is InChI=1S/C20H22N2O4/c1-4-26-20(25)16-7-9-17(10-8-16)21-19(24)13-22(15(3)23)18-11-5-14(2)6-12-18/h5-12H,4,13H2,1-3H3,(H,21,24). The summed E-state index contributed by atoms with van der Waals surface area (Å²) < 4.78 is 4.91. The van der Waals surface area contributed by atoms with Crippen molar-refractivity contribution in [3.05, 3.63) is 59.7 Å². The topological polar surface area (TPSA) is 75.7 Å². The van der Waals surface area contributed by atoms with E-state index in [4.69, 9.17) is 4.74 Å². The fourth-order valence-corrected chi connectivity index (χ4v) is 2.36. The van der Waals surface area contributed by atoms with Crippen LogP contribution in [-0.4, -0.2) is 30.9 Å². The third-order valence-corrected chi connectivity index (χ3v) is 3.71. The Kier molecular flexibility index (Phi) is 6.49. The number of amides is 2. The fraction of sp³-hybridized carbons (Fsp3) is 0.250. The number of rotatable bonds is 6. The molecule has 6 nitrogen and oxygen atoms in total. The number of esters is 1. The average molecular weight is 354 g/mol. The lowest BCUT2D eigenvalue weighted by atomic mass is 10.2. The molecule has 136 valence electrons. The van der Waals surface area contributed by atoms with Crippen molar-refractivity contribution >= 4 is 29.2 Å². The minimum atomic E-state index is -0.410. The summed E-state index contributed by atoms with van der Waals surface area (Å²) in [5.41, 5.74) is 2.68. The van der Waals surface area contributed by atoms with Crippen LogP contribution in [0.15, 0.2) is 48.5 Å². The van der Waals surface area contributed by atoms with Gasteiger partial charge in [0.15, 0.2) is 0 Å². The van der Waals surface area contributed by atoms with Crippen molar-refractivity contribution in [2.75, 3.05) is 23.4 Å². The first-order valence-corrected chi connectivity index (χ1v) is 8.32. The maximum absolute atomic E-state index is 12.3. The van der Waals surface area contributed by atoms with Gasteiger partial charge in [0.25, 0.3) is 0 Å². The lowest BCUT2D eigenvalue weighted by Gasteiger charge is -2.21. The van der Waals surface area contributed by atoms with E-state index < -0.39 is 5.97 Å². The van der Waals surface area contributed by atoms with Crippen LogP contribution in [-0.2, 0) is 14.3 Å². The highest BCUT2D eigenvalue weighted by atomic mass is 16.5. The highest BCUT2D eigenvalue weighted by Gasteiger charge is 2.16. The quantitative estimate of drug-likeness (QED) is 0.809. The summed E-state index contributed by atoms with van der Waals surface area (Å²) in [5.74, 6) is -0.959. The molecular weight excluding hydrogens is 332 g/mol. The molecule has 0 radical (unpaired) electrons. The van der Waals surface area contributed by atoms with Gasteiger partial charge in [0.1, 0.15) is 6.54 Å². The van der Waals surface area contributed by atoms with Crippen molar-refractivity contribution in [2.24, 2.45) is 0 Å². The molecule has 0 spiro atoms. The van der Waals surface area contributed by atoms with Crippen molar-refractivity contribution in [1.82, 2.24) is 0 Å². The lowest BCUT2D eigenvalue weighted by molar-refractivity contribution is -0.120.